The Labute approximate surface area is 111 Å². The number of aliphatic imine (C=N–C) groups is 1. The second-order valence-electron chi connectivity index (χ2n) is 3.78. The Morgan fingerprint density at radius 1 is 1.50 bits per heavy atom. The molecule has 1 aromatic carbocycles. The number of hydrogen-bond donors (Lipinski definition) is 1. The number of esters is 1. The molecule has 0 aromatic heterocycles. The van der Waals surface area contributed by atoms with Gasteiger partial charge in [0.1, 0.15) is 0 Å². The van der Waals surface area contributed by atoms with Crippen molar-refractivity contribution < 1.29 is 9.53 Å². The summed E-state index contributed by atoms with van der Waals surface area (Å²) in [7, 11) is 0. The first-order valence-corrected chi connectivity index (χ1v) is 7.00. The lowest BCUT2D eigenvalue weighted by Gasteiger charge is -2.15. The van der Waals surface area contributed by atoms with Crippen molar-refractivity contribution >= 4 is 28.6 Å². The van der Waals surface area contributed by atoms with Gasteiger partial charge in [0.15, 0.2) is 5.17 Å². The van der Waals surface area contributed by atoms with Crippen LogP contribution in [0.2, 0.25) is 0 Å². The first-order chi connectivity index (χ1) is 8.81. The number of nitrogens with one attached hydrogen (secondary N) is 1. The maximum Gasteiger partial charge on any atom is 0.340 e. The van der Waals surface area contributed by atoms with Crippen LogP contribution in [0.15, 0.2) is 29.3 Å². The number of ether oxygens (including phenoxy) is 1. The molecule has 0 bridgehead atoms. The molecule has 2 rings (SSSR count). The van der Waals surface area contributed by atoms with Gasteiger partial charge in [0.25, 0.3) is 0 Å². The van der Waals surface area contributed by atoms with Gasteiger partial charge in [-0.3, -0.25) is 4.99 Å². The molecule has 0 amide bonds. The van der Waals surface area contributed by atoms with Crippen molar-refractivity contribution in [2.75, 3.05) is 24.2 Å². The van der Waals surface area contributed by atoms with E-state index in [0.717, 1.165) is 29.6 Å². The van der Waals surface area contributed by atoms with Crippen molar-refractivity contribution in [3.05, 3.63) is 29.8 Å². The number of benzene rings is 1. The van der Waals surface area contributed by atoms with E-state index in [4.69, 9.17) is 4.74 Å². The Morgan fingerprint density at radius 2 is 2.33 bits per heavy atom. The van der Waals surface area contributed by atoms with E-state index in [1.807, 2.05) is 18.2 Å². The van der Waals surface area contributed by atoms with Crippen LogP contribution in [0, 0.1) is 0 Å². The second-order valence-corrected chi connectivity index (χ2v) is 4.86. The van der Waals surface area contributed by atoms with Gasteiger partial charge in [-0.05, 0) is 25.5 Å². The Hall–Kier alpha value is -1.49. The van der Waals surface area contributed by atoms with E-state index in [-0.39, 0.29) is 5.97 Å². The van der Waals surface area contributed by atoms with E-state index in [1.54, 1.807) is 24.8 Å². The van der Waals surface area contributed by atoms with Gasteiger partial charge in [0.05, 0.1) is 17.9 Å². The van der Waals surface area contributed by atoms with Gasteiger partial charge < -0.3 is 10.1 Å². The molecule has 1 aliphatic heterocycles. The SMILES string of the molecule is CCOC(=O)c1ccccc1NC1=NCCCS1. The Bertz CT molecular complexity index is 460. The average molecular weight is 264 g/mol. The van der Waals surface area contributed by atoms with Gasteiger partial charge in [-0.1, -0.05) is 23.9 Å². The molecule has 18 heavy (non-hydrogen) atoms. The maximum absolute atomic E-state index is 11.8. The first-order valence-electron chi connectivity index (χ1n) is 6.01. The number of carbonyl (C=O) groups excluding carboxylic acids is 1. The highest BCUT2D eigenvalue weighted by molar-refractivity contribution is 8.14. The third-order valence-electron chi connectivity index (χ3n) is 2.46. The fourth-order valence-electron chi connectivity index (χ4n) is 1.63. The molecule has 0 saturated heterocycles. The molecular formula is C13H16N2O2S. The number of rotatable bonds is 3. The minimum Gasteiger partial charge on any atom is -0.462 e. The van der Waals surface area contributed by atoms with Crippen molar-refractivity contribution in [1.82, 2.24) is 0 Å². The van der Waals surface area contributed by atoms with Crippen molar-refractivity contribution in [3.63, 3.8) is 0 Å². The zero-order chi connectivity index (χ0) is 12.8. The van der Waals surface area contributed by atoms with Crippen molar-refractivity contribution in [2.24, 2.45) is 4.99 Å². The summed E-state index contributed by atoms with van der Waals surface area (Å²) in [6.07, 6.45) is 1.11. The fraction of sp³-hybridized carbons (Fsp3) is 0.385. The van der Waals surface area contributed by atoms with Gasteiger partial charge >= 0.3 is 5.97 Å². The number of carbonyl (C=O) groups is 1. The van der Waals surface area contributed by atoms with Gasteiger partial charge in [-0.2, -0.15) is 0 Å². The lowest BCUT2D eigenvalue weighted by Crippen LogP contribution is -2.16. The molecule has 0 atom stereocenters. The average Bonchev–Trinajstić information content (AvgIpc) is 2.41. The molecule has 5 heteroatoms. The molecule has 1 heterocycles. The number of nitrogens with zero attached hydrogens (tertiary/aromatic N) is 1. The van der Waals surface area contributed by atoms with Crippen LogP contribution in [-0.2, 0) is 4.74 Å². The summed E-state index contributed by atoms with van der Waals surface area (Å²) in [6.45, 7) is 3.02. The third kappa shape index (κ3) is 3.26. The van der Waals surface area contributed by atoms with E-state index >= 15 is 0 Å². The normalized spacial score (nSPS) is 14.8. The number of hydrogen-bond acceptors (Lipinski definition) is 5. The molecule has 0 radical (unpaired) electrons. The van der Waals surface area contributed by atoms with Crippen LogP contribution in [0.5, 0.6) is 0 Å². The van der Waals surface area contributed by atoms with Crippen LogP contribution in [-0.4, -0.2) is 30.0 Å². The number of thioether (sulfide) groups is 1. The lowest BCUT2D eigenvalue weighted by atomic mass is 10.2. The predicted molar refractivity (Wildman–Crippen MR) is 75.4 cm³/mol. The van der Waals surface area contributed by atoms with Crippen molar-refractivity contribution in [2.45, 2.75) is 13.3 Å². The van der Waals surface area contributed by atoms with Crippen LogP contribution in [0.1, 0.15) is 23.7 Å². The van der Waals surface area contributed by atoms with E-state index in [1.165, 1.54) is 0 Å². The van der Waals surface area contributed by atoms with Gasteiger partial charge in [-0.25, -0.2) is 4.79 Å². The topological polar surface area (TPSA) is 50.7 Å². The van der Waals surface area contributed by atoms with Gasteiger partial charge in [-0.15, -0.1) is 0 Å². The lowest BCUT2D eigenvalue weighted by molar-refractivity contribution is 0.0527. The number of amidine groups is 1. The molecule has 0 aliphatic carbocycles. The highest BCUT2D eigenvalue weighted by Gasteiger charge is 2.14. The smallest absolute Gasteiger partial charge is 0.340 e. The number of anilines is 1. The van der Waals surface area contributed by atoms with E-state index < -0.39 is 0 Å². The summed E-state index contributed by atoms with van der Waals surface area (Å²) in [6, 6.07) is 7.34. The van der Waals surface area contributed by atoms with Crippen molar-refractivity contribution in [3.8, 4) is 0 Å². The second kappa shape index (κ2) is 6.44. The molecule has 0 unspecified atom stereocenters. The van der Waals surface area contributed by atoms with Gasteiger partial charge in [0.2, 0.25) is 0 Å². The predicted octanol–water partition coefficient (Wildman–Crippen LogP) is 2.77. The summed E-state index contributed by atoms with van der Waals surface area (Å²) < 4.78 is 5.03. The Morgan fingerprint density at radius 3 is 3.06 bits per heavy atom. The minimum atomic E-state index is -0.304. The highest BCUT2D eigenvalue weighted by atomic mass is 32.2. The zero-order valence-electron chi connectivity index (χ0n) is 10.3. The van der Waals surface area contributed by atoms with E-state index in [0.29, 0.717) is 12.2 Å². The number of para-hydroxylation sites is 1. The summed E-state index contributed by atoms with van der Waals surface area (Å²) in [5.41, 5.74) is 1.30. The molecule has 1 aliphatic rings. The van der Waals surface area contributed by atoms with Gasteiger partial charge in [0, 0.05) is 12.3 Å². The summed E-state index contributed by atoms with van der Waals surface area (Å²) in [4.78, 5) is 16.2. The molecule has 1 N–H and O–H groups in total. The monoisotopic (exact) mass is 264 g/mol. The summed E-state index contributed by atoms with van der Waals surface area (Å²) >= 11 is 1.68. The standard InChI is InChI=1S/C13H16N2O2S/c1-2-17-12(16)10-6-3-4-7-11(10)15-13-14-8-5-9-18-13/h3-4,6-7H,2,5,8-9H2,1H3,(H,14,15). The Balaban J connectivity index is 2.16. The minimum absolute atomic E-state index is 0.304. The summed E-state index contributed by atoms with van der Waals surface area (Å²) in [5, 5.41) is 4.07. The van der Waals surface area contributed by atoms with Crippen LogP contribution < -0.4 is 5.32 Å². The van der Waals surface area contributed by atoms with Crippen molar-refractivity contribution in [1.29, 1.82) is 0 Å². The van der Waals surface area contributed by atoms with E-state index in [9.17, 15) is 4.79 Å². The molecule has 0 fully saturated rings. The van der Waals surface area contributed by atoms with Crippen LogP contribution in [0.25, 0.3) is 0 Å². The Kier molecular flexibility index (Phi) is 4.64. The molecule has 96 valence electrons. The van der Waals surface area contributed by atoms with Crippen LogP contribution >= 0.6 is 11.8 Å². The first kappa shape index (κ1) is 13.0. The third-order valence-corrected chi connectivity index (χ3v) is 3.46. The molecule has 1 aromatic rings. The quantitative estimate of drug-likeness (QED) is 0.853. The fourth-order valence-corrected chi connectivity index (χ4v) is 2.46. The highest BCUT2D eigenvalue weighted by Crippen LogP contribution is 2.20. The molecule has 0 saturated carbocycles. The van der Waals surface area contributed by atoms with Crippen LogP contribution in [0.4, 0.5) is 5.69 Å². The van der Waals surface area contributed by atoms with E-state index in [2.05, 4.69) is 10.3 Å². The maximum atomic E-state index is 11.8. The van der Waals surface area contributed by atoms with Crippen LogP contribution in [0.3, 0.4) is 0 Å². The molecular weight excluding hydrogens is 248 g/mol. The molecule has 4 nitrogen and oxygen atoms in total. The zero-order valence-corrected chi connectivity index (χ0v) is 11.1. The summed E-state index contributed by atoms with van der Waals surface area (Å²) in [5.74, 6) is 0.759. The largest absolute Gasteiger partial charge is 0.462 e. The molecule has 0 spiro atoms.